The molecule has 0 aromatic rings. The molecule has 62 valence electrons. The fraction of sp³-hybridized carbons (Fsp3) is 0.833. The van der Waals surface area contributed by atoms with Crippen LogP contribution in [0, 0.1) is 0 Å². The average Bonchev–Trinajstić information content (AvgIpc) is 1.59. The van der Waals surface area contributed by atoms with Crippen LogP contribution in [0.1, 0.15) is 13.8 Å². The summed E-state index contributed by atoms with van der Waals surface area (Å²) < 4.78 is 0.472. The summed E-state index contributed by atoms with van der Waals surface area (Å²) in [6.07, 6.45) is -1.83. The summed E-state index contributed by atoms with van der Waals surface area (Å²) in [5.74, 6) is 0. The van der Waals surface area contributed by atoms with E-state index in [9.17, 15) is 0 Å². The second-order valence-electron chi connectivity index (χ2n) is 3.35. The molecule has 0 aromatic carbocycles. The van der Waals surface area contributed by atoms with Crippen LogP contribution in [0.25, 0.3) is 0 Å². The molecule has 11 heavy (non-hydrogen) atoms. The van der Waals surface area contributed by atoms with Crippen molar-refractivity contribution in [1.29, 1.82) is 0 Å². The van der Waals surface area contributed by atoms with Crippen molar-refractivity contribution in [2.75, 3.05) is 14.1 Å². The third-order valence-corrected chi connectivity index (χ3v) is 2.24. The first kappa shape index (κ1) is 13.8. The Hall–Kier alpha value is 0.230. The first-order valence-corrected chi connectivity index (χ1v) is 4.27. The molecule has 0 fully saturated rings. The Kier molecular flexibility index (Phi) is 7.31. The van der Waals surface area contributed by atoms with Gasteiger partial charge in [0.1, 0.15) is 0 Å². The normalized spacial score (nSPS) is 10.5. The third kappa shape index (κ3) is 17.9. The van der Waals surface area contributed by atoms with Gasteiger partial charge in [0.15, 0.2) is 0 Å². The van der Waals surface area contributed by atoms with E-state index >= 15 is 0 Å². The van der Waals surface area contributed by atoms with E-state index in [2.05, 4.69) is 32.8 Å². The topological polar surface area (TPSA) is 60.8 Å². The molecule has 0 bridgehead atoms. The SMILES string of the molecule is CN(C)[C](C)(C)[Na].O=C(O)O. The summed E-state index contributed by atoms with van der Waals surface area (Å²) in [4.78, 5) is 10.8. The van der Waals surface area contributed by atoms with E-state index in [0.717, 1.165) is 0 Å². The van der Waals surface area contributed by atoms with Crippen molar-refractivity contribution < 1.29 is 15.0 Å². The van der Waals surface area contributed by atoms with Gasteiger partial charge in [-0.25, -0.2) is 4.79 Å². The van der Waals surface area contributed by atoms with Crippen molar-refractivity contribution in [2.24, 2.45) is 0 Å². The molecule has 0 radical (unpaired) electrons. The molecule has 2 N–H and O–H groups in total. The van der Waals surface area contributed by atoms with E-state index in [1.54, 1.807) is 0 Å². The van der Waals surface area contributed by atoms with Crippen LogP contribution in [0.3, 0.4) is 0 Å². The van der Waals surface area contributed by atoms with E-state index < -0.39 is 6.16 Å². The maximum absolute atomic E-state index is 8.56. The largest absolute Gasteiger partial charge is 0.503 e. The van der Waals surface area contributed by atoms with Gasteiger partial charge in [-0.2, -0.15) is 0 Å². The molecule has 0 rings (SSSR count). The quantitative estimate of drug-likeness (QED) is 0.569. The van der Waals surface area contributed by atoms with Crippen LogP contribution in [0.15, 0.2) is 0 Å². The first-order valence-electron chi connectivity index (χ1n) is 3.27. The minimum atomic E-state index is -1.83. The Morgan fingerprint density at radius 1 is 1.36 bits per heavy atom. The van der Waals surface area contributed by atoms with Gasteiger partial charge in [-0.3, -0.25) is 0 Å². The summed E-state index contributed by atoms with van der Waals surface area (Å²) in [7, 11) is 4.24. The van der Waals surface area contributed by atoms with E-state index in [-0.39, 0.29) is 0 Å². The number of hydrogen-bond donors (Lipinski definition) is 2. The maximum atomic E-state index is 8.56. The van der Waals surface area contributed by atoms with Crippen LogP contribution in [-0.2, 0) is 0 Å². The number of nitrogens with zero attached hydrogens (tertiary/aromatic N) is 1. The molecule has 0 aliphatic heterocycles. The zero-order valence-corrected chi connectivity index (χ0v) is 9.75. The molecule has 0 saturated heterocycles. The van der Waals surface area contributed by atoms with Crippen molar-refractivity contribution >= 4 is 34.1 Å². The molecule has 0 saturated carbocycles. The van der Waals surface area contributed by atoms with Gasteiger partial charge in [0.05, 0.1) is 0 Å². The summed E-state index contributed by atoms with van der Waals surface area (Å²) in [6, 6.07) is 0. The smallest absolute Gasteiger partial charge is 0.450 e. The molecule has 0 amide bonds. The molecule has 4 nitrogen and oxygen atoms in total. The Morgan fingerprint density at radius 2 is 1.45 bits per heavy atom. The number of hydrogen-bond acceptors (Lipinski definition) is 2. The molecule has 0 atom stereocenters. The van der Waals surface area contributed by atoms with Gasteiger partial charge < -0.3 is 10.2 Å². The van der Waals surface area contributed by atoms with Gasteiger partial charge in [0.2, 0.25) is 0 Å². The Bertz CT molecular complexity index is 115. The van der Waals surface area contributed by atoms with E-state index in [1.807, 2.05) is 0 Å². The van der Waals surface area contributed by atoms with Gasteiger partial charge in [-0.05, 0) is 0 Å². The summed E-state index contributed by atoms with van der Waals surface area (Å²) >= 11 is 1.24. The van der Waals surface area contributed by atoms with Gasteiger partial charge >= 0.3 is 69.7 Å². The predicted molar refractivity (Wildman–Crippen MR) is 44.2 cm³/mol. The molecule has 5 heteroatoms. The summed E-state index contributed by atoms with van der Waals surface area (Å²) in [5, 5.41) is 13.9. The van der Waals surface area contributed by atoms with E-state index in [0.29, 0.717) is 2.79 Å². The van der Waals surface area contributed by atoms with Crippen LogP contribution >= 0.6 is 0 Å². The summed E-state index contributed by atoms with van der Waals surface area (Å²) in [5.41, 5.74) is 0. The maximum Gasteiger partial charge on any atom is 0.503 e. The fourth-order valence-electron chi connectivity index (χ4n) is 0. The molecular formula is C6H14NNaO3. The first-order chi connectivity index (χ1) is 4.68. The Labute approximate surface area is 84.6 Å². The van der Waals surface area contributed by atoms with Crippen LogP contribution in [-0.4, -0.2) is 66.1 Å². The Morgan fingerprint density at radius 3 is 1.45 bits per heavy atom. The molecule has 0 unspecified atom stereocenters. The number of carboxylic acid groups (broad SMARTS) is 2. The van der Waals surface area contributed by atoms with Gasteiger partial charge in [-0.15, -0.1) is 0 Å². The minimum Gasteiger partial charge on any atom is -0.450 e. The van der Waals surface area contributed by atoms with Crippen molar-refractivity contribution in [3.05, 3.63) is 0 Å². The molecular weight excluding hydrogens is 157 g/mol. The molecule has 0 aliphatic rings. The molecule has 0 heterocycles. The Balaban J connectivity index is 0. The van der Waals surface area contributed by atoms with Crippen LogP contribution in [0.2, 0.25) is 0 Å². The summed E-state index contributed by atoms with van der Waals surface area (Å²) in [6.45, 7) is 4.50. The van der Waals surface area contributed by atoms with Gasteiger partial charge in [0, 0.05) is 0 Å². The zero-order chi connectivity index (χ0) is 9.65. The third-order valence-electron chi connectivity index (χ3n) is 1.34. The number of carbonyl (C=O) groups is 1. The van der Waals surface area contributed by atoms with Crippen LogP contribution in [0.4, 0.5) is 4.79 Å². The van der Waals surface area contributed by atoms with Gasteiger partial charge in [-0.1, -0.05) is 0 Å². The average molecular weight is 171 g/mol. The van der Waals surface area contributed by atoms with Crippen molar-refractivity contribution in [3.8, 4) is 0 Å². The zero-order valence-electron chi connectivity index (χ0n) is 7.75. The van der Waals surface area contributed by atoms with Crippen molar-refractivity contribution in [1.82, 2.24) is 4.90 Å². The monoisotopic (exact) mass is 171 g/mol. The van der Waals surface area contributed by atoms with E-state index in [1.165, 1.54) is 27.9 Å². The molecule has 0 aliphatic carbocycles. The van der Waals surface area contributed by atoms with Gasteiger partial charge in [0.25, 0.3) is 0 Å². The number of rotatable bonds is 1. The fourth-order valence-corrected chi connectivity index (χ4v) is 0. The molecule has 0 aromatic heterocycles. The van der Waals surface area contributed by atoms with Crippen molar-refractivity contribution in [3.63, 3.8) is 0 Å². The predicted octanol–water partition coefficient (Wildman–Crippen LogP) is 0.675. The van der Waals surface area contributed by atoms with Crippen LogP contribution < -0.4 is 0 Å². The second-order valence-corrected chi connectivity index (χ2v) is 5.80. The standard InChI is InChI=1S/C5H12N.CH2O3.Na/c1-5(2)6(3)4;2-1(3)4;/h1-4H3;(H2,2,3,4);. The van der Waals surface area contributed by atoms with E-state index in [4.69, 9.17) is 15.0 Å². The molecule has 0 spiro atoms. The van der Waals surface area contributed by atoms with Crippen molar-refractivity contribution in [2.45, 2.75) is 16.6 Å². The second kappa shape index (κ2) is 5.83. The van der Waals surface area contributed by atoms with Crippen LogP contribution in [0.5, 0.6) is 0 Å². The minimum absolute atomic E-state index is 0.472.